The zero-order chi connectivity index (χ0) is 19.6. The predicted molar refractivity (Wildman–Crippen MR) is 105 cm³/mol. The van der Waals surface area contributed by atoms with Crippen LogP contribution in [0.4, 0.5) is 5.69 Å². The predicted octanol–water partition coefficient (Wildman–Crippen LogP) is 5.16. The Balaban J connectivity index is 2.18. The van der Waals surface area contributed by atoms with Gasteiger partial charge in [-0.15, -0.1) is 0 Å². The lowest BCUT2D eigenvalue weighted by atomic mass is 9.98. The third-order valence-electron chi connectivity index (χ3n) is 4.64. The van der Waals surface area contributed by atoms with E-state index >= 15 is 0 Å². The molecule has 0 bridgehead atoms. The zero-order valence-corrected chi connectivity index (χ0v) is 15.6. The monoisotopic (exact) mass is 356 g/mol. The molecular weight excluding hydrogens is 336 g/mol. The van der Waals surface area contributed by atoms with E-state index < -0.39 is 0 Å². The second-order valence-corrected chi connectivity index (χ2v) is 6.74. The maximum atomic E-state index is 9.89. The van der Waals surface area contributed by atoms with Crippen LogP contribution in [0.25, 0.3) is 16.0 Å². The maximum Gasteiger partial charge on any atom is 0.187 e. The first-order chi connectivity index (χ1) is 13.0. The molecule has 27 heavy (non-hydrogen) atoms. The zero-order valence-electron chi connectivity index (χ0n) is 15.6. The van der Waals surface area contributed by atoms with E-state index in [1.807, 2.05) is 19.1 Å². The number of rotatable bonds is 4. The fraction of sp³-hybridized carbons (Fsp3) is 0.227. The molecule has 1 N–H and O–H groups in total. The molecule has 2 aromatic heterocycles. The molecule has 0 aliphatic carbocycles. The molecule has 2 heterocycles. The Labute approximate surface area is 159 Å². The van der Waals surface area contributed by atoms with Crippen molar-refractivity contribution in [2.45, 2.75) is 33.2 Å². The van der Waals surface area contributed by atoms with E-state index in [-0.39, 0.29) is 11.7 Å². The lowest BCUT2D eigenvalue weighted by molar-refractivity contribution is 0.471. The Bertz CT molecular complexity index is 1050. The fourth-order valence-corrected chi connectivity index (χ4v) is 3.40. The van der Waals surface area contributed by atoms with E-state index in [2.05, 4.69) is 34.3 Å². The summed E-state index contributed by atoms with van der Waals surface area (Å²) in [5, 5.41) is 19.4. The highest BCUT2D eigenvalue weighted by Gasteiger charge is 2.23. The molecule has 0 atom stereocenters. The fourth-order valence-electron chi connectivity index (χ4n) is 3.40. The van der Waals surface area contributed by atoms with Crippen molar-refractivity contribution in [2.24, 2.45) is 0 Å². The minimum Gasteiger partial charge on any atom is -0.506 e. The van der Waals surface area contributed by atoms with Crippen molar-refractivity contribution < 1.29 is 5.11 Å². The summed E-state index contributed by atoms with van der Waals surface area (Å²) < 4.78 is 2.13. The number of hydrogen-bond acceptors (Lipinski definition) is 3. The minimum atomic E-state index is 0.130. The van der Waals surface area contributed by atoms with Crippen molar-refractivity contribution in [1.82, 2.24) is 9.55 Å². The molecule has 0 radical (unpaired) electrons. The van der Waals surface area contributed by atoms with Gasteiger partial charge in [-0.25, -0.2) is 4.85 Å². The van der Waals surface area contributed by atoms with Gasteiger partial charge >= 0.3 is 0 Å². The van der Waals surface area contributed by atoms with Gasteiger partial charge in [0, 0.05) is 17.0 Å². The molecule has 0 aliphatic heterocycles. The third-order valence-corrected chi connectivity index (χ3v) is 4.64. The average Bonchev–Trinajstić information content (AvgIpc) is 2.95. The molecule has 0 fully saturated rings. The first kappa shape index (κ1) is 18.2. The van der Waals surface area contributed by atoms with Crippen LogP contribution in [0.15, 0.2) is 42.6 Å². The van der Waals surface area contributed by atoms with Crippen molar-refractivity contribution in [3.63, 3.8) is 0 Å². The SMILES string of the molecule is [C-]#[N+]c1ccc(-c2c(C#N)c(C(C)C)n(Cc3ccc(O)cn3)c2C)cc1. The summed E-state index contributed by atoms with van der Waals surface area (Å²) >= 11 is 0. The molecule has 0 amide bonds. The second kappa shape index (κ2) is 7.35. The van der Waals surface area contributed by atoms with Crippen LogP contribution in [-0.4, -0.2) is 14.7 Å². The molecule has 0 unspecified atom stereocenters. The molecule has 0 spiro atoms. The van der Waals surface area contributed by atoms with Crippen molar-refractivity contribution in [3.8, 4) is 22.9 Å². The van der Waals surface area contributed by atoms with Crippen molar-refractivity contribution in [1.29, 1.82) is 5.26 Å². The van der Waals surface area contributed by atoms with Gasteiger partial charge in [0.25, 0.3) is 0 Å². The molecule has 1 aromatic carbocycles. The highest BCUT2D eigenvalue weighted by Crippen LogP contribution is 2.36. The smallest absolute Gasteiger partial charge is 0.187 e. The molecule has 5 nitrogen and oxygen atoms in total. The lowest BCUT2D eigenvalue weighted by Crippen LogP contribution is -2.09. The van der Waals surface area contributed by atoms with Gasteiger partial charge in [0.05, 0.1) is 30.6 Å². The van der Waals surface area contributed by atoms with E-state index in [0.717, 1.165) is 28.2 Å². The summed E-state index contributed by atoms with van der Waals surface area (Å²) in [4.78, 5) is 7.72. The number of nitrogens with zero attached hydrogens (tertiary/aromatic N) is 4. The van der Waals surface area contributed by atoms with Gasteiger partial charge < -0.3 is 9.67 Å². The molecule has 0 saturated carbocycles. The van der Waals surface area contributed by atoms with Crippen molar-refractivity contribution >= 4 is 5.69 Å². The number of aromatic nitrogens is 2. The summed E-state index contributed by atoms with van der Waals surface area (Å²) in [6.45, 7) is 13.8. The maximum absolute atomic E-state index is 9.89. The van der Waals surface area contributed by atoms with Crippen LogP contribution in [0.1, 0.15) is 42.4 Å². The summed E-state index contributed by atoms with van der Waals surface area (Å²) in [5.74, 6) is 0.289. The Hall–Kier alpha value is -3.57. The summed E-state index contributed by atoms with van der Waals surface area (Å²) in [5.41, 5.74) is 5.83. The standard InChI is InChI=1S/C22H20N4O/c1-14(2)22-20(11-23)21(16-5-7-17(24-4)8-6-16)15(3)26(22)13-18-9-10-19(27)12-25-18/h5-10,12,14,27H,13H2,1-3H3. The molecule has 134 valence electrons. The van der Waals surface area contributed by atoms with E-state index in [9.17, 15) is 10.4 Å². The van der Waals surface area contributed by atoms with Crippen molar-refractivity contribution in [3.05, 3.63) is 76.7 Å². The van der Waals surface area contributed by atoms with Gasteiger partial charge in [0.2, 0.25) is 0 Å². The average molecular weight is 356 g/mol. The first-order valence-corrected chi connectivity index (χ1v) is 8.71. The number of hydrogen-bond donors (Lipinski definition) is 1. The van der Waals surface area contributed by atoms with E-state index in [1.54, 1.807) is 24.3 Å². The third kappa shape index (κ3) is 3.41. The molecule has 3 rings (SSSR count). The number of aromatic hydroxyl groups is 1. The van der Waals surface area contributed by atoms with Crippen molar-refractivity contribution in [2.75, 3.05) is 0 Å². The number of nitriles is 1. The van der Waals surface area contributed by atoms with Crippen LogP contribution in [0.5, 0.6) is 5.75 Å². The number of pyridine rings is 1. The normalized spacial score (nSPS) is 10.6. The summed E-state index contributed by atoms with van der Waals surface area (Å²) in [7, 11) is 0. The topological polar surface area (TPSA) is 66.2 Å². The lowest BCUT2D eigenvalue weighted by Gasteiger charge is -2.14. The largest absolute Gasteiger partial charge is 0.506 e. The van der Waals surface area contributed by atoms with Gasteiger partial charge in [-0.1, -0.05) is 38.1 Å². The Morgan fingerprint density at radius 1 is 1.22 bits per heavy atom. The van der Waals surface area contributed by atoms with Gasteiger partial charge in [-0.3, -0.25) is 4.98 Å². The summed E-state index contributed by atoms with van der Waals surface area (Å²) in [6.07, 6.45) is 1.43. The van der Waals surface area contributed by atoms with Crippen LogP contribution < -0.4 is 0 Å². The Kier molecular flexibility index (Phi) is 4.96. The van der Waals surface area contributed by atoms with E-state index in [4.69, 9.17) is 6.57 Å². The summed E-state index contributed by atoms with van der Waals surface area (Å²) in [6, 6.07) is 13.1. The highest BCUT2D eigenvalue weighted by molar-refractivity contribution is 5.76. The Morgan fingerprint density at radius 3 is 2.44 bits per heavy atom. The highest BCUT2D eigenvalue weighted by atomic mass is 16.3. The molecule has 5 heteroatoms. The van der Waals surface area contributed by atoms with Gasteiger partial charge in [-0.05, 0) is 30.5 Å². The molecule has 0 aliphatic rings. The Morgan fingerprint density at radius 2 is 1.93 bits per heavy atom. The van der Waals surface area contributed by atoms with E-state index in [1.165, 1.54) is 6.20 Å². The van der Waals surface area contributed by atoms with E-state index in [0.29, 0.717) is 17.8 Å². The van der Waals surface area contributed by atoms with Gasteiger partial charge in [0.15, 0.2) is 5.69 Å². The van der Waals surface area contributed by atoms with Crippen LogP contribution in [-0.2, 0) is 6.54 Å². The number of benzene rings is 1. The first-order valence-electron chi connectivity index (χ1n) is 8.71. The van der Waals surface area contributed by atoms with Crippen LogP contribution in [0, 0.1) is 24.8 Å². The van der Waals surface area contributed by atoms with Gasteiger partial charge in [-0.2, -0.15) is 5.26 Å². The molecule has 3 aromatic rings. The molecule has 0 saturated heterocycles. The van der Waals surface area contributed by atoms with Crippen LogP contribution >= 0.6 is 0 Å². The second-order valence-electron chi connectivity index (χ2n) is 6.74. The quantitative estimate of drug-likeness (QED) is 0.657. The van der Waals surface area contributed by atoms with Crippen LogP contribution in [0.2, 0.25) is 0 Å². The van der Waals surface area contributed by atoms with Crippen LogP contribution in [0.3, 0.4) is 0 Å². The van der Waals surface area contributed by atoms with Gasteiger partial charge in [0.1, 0.15) is 11.8 Å². The minimum absolute atomic E-state index is 0.130. The molecular formula is C22H20N4O.